The quantitative estimate of drug-likeness (QED) is 0.805. The highest BCUT2D eigenvalue weighted by atomic mass is 32.2. The third kappa shape index (κ3) is 2.66. The van der Waals surface area contributed by atoms with Crippen molar-refractivity contribution in [2.24, 2.45) is 10.9 Å². The summed E-state index contributed by atoms with van der Waals surface area (Å²) in [6.07, 6.45) is 4.04. The van der Waals surface area contributed by atoms with Crippen molar-refractivity contribution in [3.8, 4) is 0 Å². The number of aliphatic imine (C=N–C) groups is 1. The third-order valence-corrected chi connectivity index (χ3v) is 4.64. The molecule has 1 aliphatic heterocycles. The van der Waals surface area contributed by atoms with Crippen molar-refractivity contribution in [3.05, 3.63) is 11.1 Å². The second kappa shape index (κ2) is 4.97. The fourth-order valence-corrected chi connectivity index (χ4v) is 3.35. The predicted octanol–water partition coefficient (Wildman–Crippen LogP) is 1.03. The van der Waals surface area contributed by atoms with Crippen molar-refractivity contribution in [3.63, 3.8) is 0 Å². The summed E-state index contributed by atoms with van der Waals surface area (Å²) >= 11 is 1.46. The largest absolute Gasteiger partial charge is 0.478 e. The van der Waals surface area contributed by atoms with Crippen molar-refractivity contribution in [1.82, 2.24) is 10.9 Å². The van der Waals surface area contributed by atoms with Gasteiger partial charge in [-0.25, -0.2) is 4.79 Å². The second-order valence-electron chi connectivity index (χ2n) is 4.93. The summed E-state index contributed by atoms with van der Waals surface area (Å²) in [6.45, 7) is 0. The molecule has 0 aromatic heterocycles. The van der Waals surface area contributed by atoms with Gasteiger partial charge in [0, 0.05) is 11.1 Å². The average Bonchev–Trinajstić information content (AvgIpc) is 2.92. The van der Waals surface area contributed by atoms with E-state index in [1.54, 1.807) is 0 Å². The number of carbonyl (C=O) groups is 2. The summed E-state index contributed by atoms with van der Waals surface area (Å²) in [5, 5.41) is 9.66. The Morgan fingerprint density at radius 2 is 2.05 bits per heavy atom. The molecule has 1 saturated carbocycles. The minimum absolute atomic E-state index is 0.212. The maximum absolute atomic E-state index is 12.0. The van der Waals surface area contributed by atoms with Crippen LogP contribution >= 0.6 is 11.8 Å². The maximum atomic E-state index is 12.0. The molecule has 2 fully saturated rings. The number of thioether (sulfide) groups is 1. The molecule has 1 amide bonds. The lowest BCUT2D eigenvalue weighted by molar-refractivity contribution is -0.133. The summed E-state index contributed by atoms with van der Waals surface area (Å²) in [5.74, 6) is -0.831. The van der Waals surface area contributed by atoms with Crippen LogP contribution in [0.3, 0.4) is 0 Å². The van der Waals surface area contributed by atoms with Crippen LogP contribution in [-0.4, -0.2) is 27.5 Å². The number of hydrogen-bond acceptors (Lipinski definition) is 4. The van der Waals surface area contributed by atoms with Crippen LogP contribution in [0.15, 0.2) is 16.1 Å². The predicted molar refractivity (Wildman–Crippen MR) is 70.3 cm³/mol. The monoisotopic (exact) mass is 280 g/mol. The zero-order chi connectivity index (χ0) is 13.4. The second-order valence-corrected chi connectivity index (χ2v) is 6.04. The number of aliphatic carboxylic acids is 1. The highest BCUT2D eigenvalue weighted by Crippen LogP contribution is 2.39. The average molecular weight is 280 g/mol. The normalized spacial score (nSPS) is 28.8. The van der Waals surface area contributed by atoms with Crippen LogP contribution in [0, 0.1) is 5.92 Å². The summed E-state index contributed by atoms with van der Waals surface area (Å²) in [7, 11) is 0. The lowest BCUT2D eigenvalue weighted by atomic mass is 10.1. The molecule has 19 heavy (non-hydrogen) atoms. The Labute approximate surface area is 114 Å². The van der Waals surface area contributed by atoms with Crippen LogP contribution in [0.2, 0.25) is 0 Å². The van der Waals surface area contributed by atoms with Gasteiger partial charge >= 0.3 is 5.97 Å². The van der Waals surface area contributed by atoms with Gasteiger partial charge in [-0.3, -0.25) is 4.79 Å². The van der Waals surface area contributed by atoms with Gasteiger partial charge in [0.15, 0.2) is 0 Å². The number of amidine groups is 1. The van der Waals surface area contributed by atoms with Gasteiger partial charge < -0.3 is 5.11 Å². The van der Waals surface area contributed by atoms with Gasteiger partial charge in [-0.1, -0.05) is 11.8 Å². The summed E-state index contributed by atoms with van der Waals surface area (Å²) in [5.41, 5.74) is 7.55. The fraction of sp³-hybridized carbons (Fsp3) is 0.583. The molecule has 0 bridgehead atoms. The Balaban J connectivity index is 1.71. The minimum Gasteiger partial charge on any atom is -0.478 e. The number of nitrogens with one attached hydrogen (secondary N) is 1. The van der Waals surface area contributed by atoms with Crippen molar-refractivity contribution in [2.45, 2.75) is 37.5 Å². The molecule has 1 unspecified atom stereocenters. The lowest BCUT2D eigenvalue weighted by Crippen LogP contribution is -2.26. The van der Waals surface area contributed by atoms with E-state index in [0.717, 1.165) is 0 Å². The Kier molecular flexibility index (Phi) is 3.32. The zero-order valence-corrected chi connectivity index (χ0v) is 11.1. The summed E-state index contributed by atoms with van der Waals surface area (Å²) in [4.78, 5) is 26.9. The van der Waals surface area contributed by atoms with Gasteiger partial charge in [-0.05, 0) is 38.0 Å². The van der Waals surface area contributed by atoms with Crippen molar-refractivity contribution >= 4 is 28.8 Å². The third-order valence-electron chi connectivity index (χ3n) is 3.50. The molecule has 101 valence electrons. The Hall–Kier alpha value is -1.34. The fourth-order valence-electron chi connectivity index (χ4n) is 2.31. The molecule has 0 aromatic carbocycles. The Morgan fingerprint density at radius 3 is 2.74 bits per heavy atom. The van der Waals surface area contributed by atoms with E-state index in [2.05, 4.69) is 15.8 Å². The molecular weight excluding hydrogens is 266 g/mol. The number of carboxylic acids is 1. The van der Waals surface area contributed by atoms with Crippen LogP contribution < -0.4 is 10.9 Å². The van der Waals surface area contributed by atoms with Crippen LogP contribution in [0.5, 0.6) is 0 Å². The number of amides is 1. The number of nitrogens with zero attached hydrogens (tertiary/aromatic N) is 2. The van der Waals surface area contributed by atoms with Gasteiger partial charge in [0.2, 0.25) is 5.17 Å². The van der Waals surface area contributed by atoms with Gasteiger partial charge in [0.1, 0.15) is 0 Å². The van der Waals surface area contributed by atoms with E-state index < -0.39 is 11.9 Å². The van der Waals surface area contributed by atoms with Gasteiger partial charge in [0.05, 0.1) is 5.37 Å². The van der Waals surface area contributed by atoms with Crippen LogP contribution in [0.1, 0.15) is 32.1 Å². The van der Waals surface area contributed by atoms with E-state index in [1.807, 2.05) is 0 Å². The van der Waals surface area contributed by atoms with Crippen LogP contribution in [0.25, 0.3) is 0 Å². The number of carbonyl (C=O) groups excluding carboxylic acids is 1. The zero-order valence-electron chi connectivity index (χ0n) is 10.3. The number of rotatable bonds is 3. The maximum Gasteiger partial charge on any atom is 0.332 e. The molecule has 1 atom stereocenters. The molecular formula is C12H14N3O3S. The molecule has 2 aliphatic carbocycles. The van der Waals surface area contributed by atoms with Crippen molar-refractivity contribution in [1.29, 1.82) is 0 Å². The van der Waals surface area contributed by atoms with E-state index in [0.29, 0.717) is 35.9 Å². The summed E-state index contributed by atoms with van der Waals surface area (Å²) in [6, 6.07) is 0. The van der Waals surface area contributed by atoms with Crippen LogP contribution in [0.4, 0.5) is 0 Å². The van der Waals surface area contributed by atoms with Crippen LogP contribution in [-0.2, 0) is 9.59 Å². The topological polar surface area (TPSA) is 92.9 Å². The molecule has 6 nitrogen and oxygen atoms in total. The Morgan fingerprint density at radius 1 is 1.32 bits per heavy atom. The molecule has 1 heterocycles. The van der Waals surface area contributed by atoms with E-state index in [4.69, 9.17) is 5.11 Å². The molecule has 1 saturated heterocycles. The Bertz CT molecular complexity index is 496. The first kappa shape index (κ1) is 12.7. The molecule has 1 radical (unpaired) electrons. The van der Waals surface area contributed by atoms with Gasteiger partial charge in [0.25, 0.3) is 5.91 Å². The van der Waals surface area contributed by atoms with E-state index in [-0.39, 0.29) is 10.9 Å². The minimum atomic E-state index is -1.01. The SMILES string of the molecule is O=C(O)C1=C(C(=O)N=C2[N]NC(C3CC3)S2)CCC1. The molecule has 0 spiro atoms. The van der Waals surface area contributed by atoms with E-state index in [1.165, 1.54) is 24.6 Å². The highest BCUT2D eigenvalue weighted by Gasteiger charge is 2.37. The van der Waals surface area contributed by atoms with Crippen molar-refractivity contribution < 1.29 is 14.7 Å². The van der Waals surface area contributed by atoms with Gasteiger partial charge in [-0.2, -0.15) is 15.8 Å². The molecule has 2 N–H and O–H groups in total. The molecule has 0 aromatic rings. The first-order valence-electron chi connectivity index (χ1n) is 6.36. The van der Waals surface area contributed by atoms with E-state index >= 15 is 0 Å². The van der Waals surface area contributed by atoms with E-state index in [9.17, 15) is 9.59 Å². The smallest absolute Gasteiger partial charge is 0.332 e. The molecule has 3 aliphatic rings. The number of carboxylic acid groups (broad SMARTS) is 1. The molecule has 7 heteroatoms. The summed E-state index contributed by atoms with van der Waals surface area (Å²) < 4.78 is 0. The highest BCUT2D eigenvalue weighted by molar-refractivity contribution is 8.14. The molecule has 3 rings (SSSR count). The van der Waals surface area contributed by atoms with Crippen molar-refractivity contribution in [2.75, 3.05) is 0 Å². The van der Waals surface area contributed by atoms with Gasteiger partial charge in [-0.15, -0.1) is 0 Å². The number of hydrogen-bond donors (Lipinski definition) is 2. The lowest BCUT2D eigenvalue weighted by Gasteiger charge is -2.01. The first-order valence-corrected chi connectivity index (χ1v) is 7.24. The standard InChI is InChI=1S/C12H14N3O3S/c16-9(7-2-1-3-8(7)11(17)18)13-12-15-14-10(19-12)6-4-5-6/h6,10,14H,1-5H2,(H,17,18). The first-order chi connectivity index (χ1) is 9.15.